The first-order valence-electron chi connectivity index (χ1n) is 19.5. The molecule has 0 fully saturated rings. The lowest BCUT2D eigenvalue weighted by molar-refractivity contribution is 1.08. The third-order valence-corrected chi connectivity index (χ3v) is 11.7. The highest BCUT2D eigenvalue weighted by Crippen LogP contribution is 2.40. The molecule has 4 heteroatoms. The van der Waals surface area contributed by atoms with Crippen LogP contribution in [-0.4, -0.2) is 18.7 Å². The first-order valence-corrected chi connectivity index (χ1v) is 19.5. The van der Waals surface area contributed by atoms with Crippen LogP contribution in [0.15, 0.2) is 206 Å². The molecule has 0 bridgehead atoms. The molecule has 0 unspecified atom stereocenters. The van der Waals surface area contributed by atoms with Crippen LogP contribution in [0.1, 0.15) is 0 Å². The molecule has 4 heterocycles. The van der Waals surface area contributed by atoms with Gasteiger partial charge < -0.3 is 9.13 Å². The van der Waals surface area contributed by atoms with Gasteiger partial charge in [0, 0.05) is 49.9 Å². The second-order valence-electron chi connectivity index (χ2n) is 14.8. The lowest BCUT2D eigenvalue weighted by atomic mass is 9.98. The summed E-state index contributed by atoms with van der Waals surface area (Å²) in [6, 6.07) is 72.5. The second-order valence-corrected chi connectivity index (χ2v) is 14.8. The average molecular weight is 727 g/mol. The molecule has 266 valence electrons. The Morgan fingerprint density at radius 1 is 0.263 bits per heavy atom. The Balaban J connectivity index is 1.05. The Labute approximate surface area is 328 Å². The van der Waals surface area contributed by atoms with E-state index in [0.29, 0.717) is 0 Å². The van der Waals surface area contributed by atoms with E-state index in [1.165, 1.54) is 76.6 Å². The SMILES string of the molecule is c1ccc(-n2c3ccccc3c3cc(-c4ccc5c(c4)c4cc(-c6ccc7c(c6)c6ccccc6n7-c6ccccc6)ccc4n5-c4ccccn4)ccc32)cc1. The number of benzene rings is 8. The summed E-state index contributed by atoms with van der Waals surface area (Å²) in [4.78, 5) is 4.82. The maximum Gasteiger partial charge on any atom is 0.137 e. The molecule has 0 N–H and O–H groups in total. The highest BCUT2D eigenvalue weighted by Gasteiger charge is 2.18. The van der Waals surface area contributed by atoms with Gasteiger partial charge in [0.15, 0.2) is 0 Å². The van der Waals surface area contributed by atoms with Crippen molar-refractivity contribution >= 4 is 65.4 Å². The van der Waals surface area contributed by atoms with Crippen LogP contribution in [0, 0.1) is 0 Å². The Morgan fingerprint density at radius 3 is 1.04 bits per heavy atom. The van der Waals surface area contributed by atoms with E-state index in [-0.39, 0.29) is 0 Å². The van der Waals surface area contributed by atoms with Gasteiger partial charge in [0.25, 0.3) is 0 Å². The van der Waals surface area contributed by atoms with E-state index >= 15 is 0 Å². The number of aromatic nitrogens is 4. The molecule has 0 spiro atoms. The number of pyridine rings is 1. The Kier molecular flexibility index (Phi) is 6.89. The second kappa shape index (κ2) is 12.4. The number of hydrogen-bond donors (Lipinski definition) is 0. The van der Waals surface area contributed by atoms with Crippen molar-refractivity contribution in [3.8, 4) is 39.4 Å². The van der Waals surface area contributed by atoms with Gasteiger partial charge in [0.1, 0.15) is 5.82 Å². The molecule has 12 aromatic rings. The zero-order valence-corrected chi connectivity index (χ0v) is 30.9. The van der Waals surface area contributed by atoms with Crippen molar-refractivity contribution in [3.05, 3.63) is 206 Å². The molecule has 0 atom stereocenters. The van der Waals surface area contributed by atoms with E-state index in [2.05, 4.69) is 208 Å². The van der Waals surface area contributed by atoms with E-state index in [9.17, 15) is 0 Å². The normalized spacial score (nSPS) is 11.9. The number of hydrogen-bond acceptors (Lipinski definition) is 1. The van der Waals surface area contributed by atoms with Crippen LogP contribution >= 0.6 is 0 Å². The predicted molar refractivity (Wildman–Crippen MR) is 238 cm³/mol. The largest absolute Gasteiger partial charge is 0.309 e. The van der Waals surface area contributed by atoms with Crippen molar-refractivity contribution in [3.63, 3.8) is 0 Å². The van der Waals surface area contributed by atoms with Gasteiger partial charge in [-0.15, -0.1) is 0 Å². The van der Waals surface area contributed by atoms with Crippen LogP contribution in [0.5, 0.6) is 0 Å². The molecule has 0 aliphatic rings. The zero-order valence-electron chi connectivity index (χ0n) is 30.9. The third-order valence-electron chi connectivity index (χ3n) is 11.7. The predicted octanol–water partition coefficient (Wildman–Crippen LogP) is 13.7. The molecule has 0 saturated heterocycles. The standard InChI is InChI=1S/C53H34N4/c1-3-13-39(14-4-1)55-47-19-9-7-17-41(47)43-31-35(22-26-49(43)55)37-24-28-51-45(33-37)46-34-38(25-29-52(46)57(51)53-21-11-12-30-54-53)36-23-27-50-44(32-36)42-18-8-10-20-48(42)56(50)40-15-5-2-6-16-40/h1-34H. The molecule has 0 aliphatic carbocycles. The molecule has 12 rings (SSSR count). The fourth-order valence-corrected chi connectivity index (χ4v) is 9.13. The first-order chi connectivity index (χ1) is 28.3. The van der Waals surface area contributed by atoms with Crippen LogP contribution in [0.2, 0.25) is 0 Å². The van der Waals surface area contributed by atoms with Crippen LogP contribution in [0.4, 0.5) is 0 Å². The van der Waals surface area contributed by atoms with E-state index in [4.69, 9.17) is 4.98 Å². The van der Waals surface area contributed by atoms with Gasteiger partial charge in [-0.25, -0.2) is 4.98 Å². The summed E-state index contributed by atoms with van der Waals surface area (Å²) in [5.74, 6) is 0.906. The molecular formula is C53H34N4. The van der Waals surface area contributed by atoms with Crippen molar-refractivity contribution in [2.75, 3.05) is 0 Å². The number of para-hydroxylation sites is 4. The van der Waals surface area contributed by atoms with Gasteiger partial charge in [0.2, 0.25) is 0 Å². The summed E-state index contributed by atoms with van der Waals surface area (Å²) < 4.78 is 7.04. The summed E-state index contributed by atoms with van der Waals surface area (Å²) in [5.41, 5.74) is 14.2. The smallest absolute Gasteiger partial charge is 0.137 e. The van der Waals surface area contributed by atoms with E-state index in [0.717, 1.165) is 28.2 Å². The Hall–Kier alpha value is -7.69. The quantitative estimate of drug-likeness (QED) is 0.174. The van der Waals surface area contributed by atoms with Gasteiger partial charge in [-0.05, 0) is 119 Å². The summed E-state index contributed by atoms with van der Waals surface area (Å²) in [6.45, 7) is 0. The van der Waals surface area contributed by atoms with Crippen LogP contribution in [0.3, 0.4) is 0 Å². The molecule has 8 aromatic carbocycles. The minimum Gasteiger partial charge on any atom is -0.309 e. The molecule has 0 aliphatic heterocycles. The Morgan fingerprint density at radius 2 is 0.614 bits per heavy atom. The number of nitrogens with zero attached hydrogens (tertiary/aromatic N) is 4. The maximum atomic E-state index is 4.82. The Bertz CT molecular complexity index is 3280. The lowest BCUT2D eigenvalue weighted by Crippen LogP contribution is -1.96. The van der Waals surface area contributed by atoms with Gasteiger partial charge >= 0.3 is 0 Å². The summed E-state index contributed by atoms with van der Waals surface area (Å²) >= 11 is 0. The third kappa shape index (κ3) is 4.84. The van der Waals surface area contributed by atoms with E-state index < -0.39 is 0 Å². The minimum absolute atomic E-state index is 0.906. The van der Waals surface area contributed by atoms with Gasteiger partial charge in [-0.3, -0.25) is 4.57 Å². The van der Waals surface area contributed by atoms with E-state index in [1.54, 1.807) is 0 Å². The molecule has 57 heavy (non-hydrogen) atoms. The molecule has 0 amide bonds. The van der Waals surface area contributed by atoms with Crippen molar-refractivity contribution in [2.24, 2.45) is 0 Å². The van der Waals surface area contributed by atoms with Crippen LogP contribution in [-0.2, 0) is 0 Å². The van der Waals surface area contributed by atoms with Crippen LogP contribution < -0.4 is 0 Å². The fourth-order valence-electron chi connectivity index (χ4n) is 9.13. The van der Waals surface area contributed by atoms with E-state index in [1.807, 2.05) is 12.3 Å². The molecule has 4 aromatic heterocycles. The molecule has 0 radical (unpaired) electrons. The summed E-state index contributed by atoms with van der Waals surface area (Å²) in [7, 11) is 0. The van der Waals surface area contributed by atoms with Gasteiger partial charge in [-0.2, -0.15) is 0 Å². The van der Waals surface area contributed by atoms with Crippen molar-refractivity contribution < 1.29 is 0 Å². The highest BCUT2D eigenvalue weighted by atomic mass is 15.1. The van der Waals surface area contributed by atoms with Gasteiger partial charge in [-0.1, -0.05) is 103 Å². The van der Waals surface area contributed by atoms with Crippen LogP contribution in [0.25, 0.3) is 105 Å². The average Bonchev–Trinajstić information content (AvgIpc) is 3.92. The zero-order chi connectivity index (χ0) is 37.5. The number of fused-ring (bicyclic) bond motifs is 9. The maximum absolute atomic E-state index is 4.82. The van der Waals surface area contributed by atoms with Crippen molar-refractivity contribution in [2.45, 2.75) is 0 Å². The highest BCUT2D eigenvalue weighted by molar-refractivity contribution is 6.14. The summed E-state index contributed by atoms with van der Waals surface area (Å²) in [5, 5.41) is 7.38. The van der Waals surface area contributed by atoms with Crippen molar-refractivity contribution in [1.82, 2.24) is 18.7 Å². The first kappa shape index (κ1) is 31.6. The topological polar surface area (TPSA) is 27.7 Å². The number of rotatable bonds is 5. The van der Waals surface area contributed by atoms with Crippen molar-refractivity contribution in [1.29, 1.82) is 0 Å². The molecular weight excluding hydrogens is 693 g/mol. The summed E-state index contributed by atoms with van der Waals surface area (Å²) in [6.07, 6.45) is 1.87. The monoisotopic (exact) mass is 726 g/mol. The molecule has 4 nitrogen and oxygen atoms in total. The fraction of sp³-hybridized carbons (Fsp3) is 0. The lowest BCUT2D eigenvalue weighted by Gasteiger charge is -2.09. The molecule has 0 saturated carbocycles. The van der Waals surface area contributed by atoms with Gasteiger partial charge in [0.05, 0.1) is 33.1 Å². The minimum atomic E-state index is 0.906.